The third-order valence-corrected chi connectivity index (χ3v) is 5.42. The van der Waals surface area contributed by atoms with Crippen LogP contribution in [0.5, 0.6) is 0 Å². The molecular formula is C15H19N3O11S. The van der Waals surface area contributed by atoms with Crippen molar-refractivity contribution in [3.63, 3.8) is 0 Å². The minimum atomic E-state index is -1.71. The van der Waals surface area contributed by atoms with Crippen LogP contribution in [0.1, 0.15) is 0 Å². The van der Waals surface area contributed by atoms with E-state index in [9.17, 15) is 45.4 Å². The van der Waals surface area contributed by atoms with Crippen molar-refractivity contribution in [2.75, 3.05) is 25.6 Å². The Morgan fingerprint density at radius 1 is 1.17 bits per heavy atom. The van der Waals surface area contributed by atoms with Gasteiger partial charge in [0.25, 0.3) is 11.4 Å². The molecule has 1 heterocycles. The summed E-state index contributed by atoms with van der Waals surface area (Å²) in [5.41, 5.74) is -2.95. The molecule has 0 spiro atoms. The molecule has 1 aromatic rings. The zero-order valence-corrected chi connectivity index (χ0v) is 16.2. The Hall–Kier alpha value is -2.56. The van der Waals surface area contributed by atoms with Gasteiger partial charge in [0, 0.05) is 0 Å². The van der Waals surface area contributed by atoms with Crippen LogP contribution < -0.4 is 5.32 Å². The van der Waals surface area contributed by atoms with Gasteiger partial charge in [-0.05, 0) is 6.07 Å². The molecule has 1 aliphatic rings. The van der Waals surface area contributed by atoms with E-state index in [0.717, 1.165) is 13.2 Å². The number of rotatable bonds is 8. The maximum Gasteiger partial charge on any atom is 0.325 e. The molecule has 0 aromatic heterocycles. The van der Waals surface area contributed by atoms with Crippen molar-refractivity contribution in [1.82, 2.24) is 0 Å². The number of ether oxygens (including phenoxy) is 2. The fourth-order valence-corrected chi connectivity index (χ4v) is 3.81. The summed E-state index contributed by atoms with van der Waals surface area (Å²) in [6, 6.07) is 1.69. The molecule has 0 aliphatic carbocycles. The number of hydrogen-bond acceptors (Lipinski definition) is 13. The van der Waals surface area contributed by atoms with E-state index in [1.54, 1.807) is 0 Å². The lowest BCUT2D eigenvalue weighted by molar-refractivity contribution is -0.395. The van der Waals surface area contributed by atoms with Gasteiger partial charge in [0.05, 0.1) is 34.5 Å². The molecular weight excluding hydrogens is 430 g/mol. The summed E-state index contributed by atoms with van der Waals surface area (Å²) >= 11 is 0.552. The van der Waals surface area contributed by atoms with Crippen LogP contribution in [0.4, 0.5) is 17.1 Å². The first kappa shape index (κ1) is 23.7. The fourth-order valence-electron chi connectivity index (χ4n) is 2.62. The molecule has 30 heavy (non-hydrogen) atoms. The van der Waals surface area contributed by atoms with Crippen LogP contribution >= 0.6 is 11.8 Å². The monoisotopic (exact) mass is 449 g/mol. The fraction of sp³-hybridized carbons (Fsp3) is 0.533. The predicted octanol–water partition coefficient (Wildman–Crippen LogP) is -1.02. The Morgan fingerprint density at radius 2 is 1.80 bits per heavy atom. The molecule has 2 rings (SSSR count). The summed E-state index contributed by atoms with van der Waals surface area (Å²) in [6.45, 7) is -1.16. The summed E-state index contributed by atoms with van der Waals surface area (Å²) in [4.78, 5) is 32.1. The third-order valence-electron chi connectivity index (χ3n) is 4.21. The molecule has 0 radical (unpaired) electrons. The second-order valence-corrected chi connectivity index (χ2v) is 7.24. The lowest BCUT2D eigenvalue weighted by atomic mass is 10.0. The van der Waals surface area contributed by atoms with Gasteiger partial charge in [-0.15, -0.1) is 0 Å². The number of thioether (sulfide) groups is 1. The van der Waals surface area contributed by atoms with Crippen LogP contribution in [-0.2, 0) is 14.3 Å². The van der Waals surface area contributed by atoms with E-state index in [2.05, 4.69) is 10.1 Å². The molecule has 5 N–H and O–H groups in total. The molecule has 0 amide bonds. The lowest BCUT2D eigenvalue weighted by Gasteiger charge is -2.39. The topological polar surface area (TPSA) is 215 Å². The maximum atomic E-state index is 11.4. The van der Waals surface area contributed by atoms with Crippen molar-refractivity contribution in [3.05, 3.63) is 32.4 Å². The number of nitrogens with zero attached hydrogens (tertiary/aromatic N) is 2. The highest BCUT2D eigenvalue weighted by Crippen LogP contribution is 2.42. The Balaban J connectivity index is 2.42. The number of aliphatic hydroxyl groups excluding tert-OH is 4. The second kappa shape index (κ2) is 9.96. The number of esters is 1. The van der Waals surface area contributed by atoms with Crippen LogP contribution in [0.15, 0.2) is 17.0 Å². The van der Waals surface area contributed by atoms with E-state index >= 15 is 0 Å². The van der Waals surface area contributed by atoms with E-state index < -0.39 is 70.2 Å². The lowest BCUT2D eigenvalue weighted by Crippen LogP contribution is -2.57. The number of benzene rings is 1. The van der Waals surface area contributed by atoms with Gasteiger partial charge in [0.1, 0.15) is 42.1 Å². The van der Waals surface area contributed by atoms with Gasteiger partial charge in [-0.25, -0.2) is 0 Å². The minimum Gasteiger partial charge on any atom is -0.468 e. The van der Waals surface area contributed by atoms with Gasteiger partial charge < -0.3 is 35.2 Å². The smallest absolute Gasteiger partial charge is 0.325 e. The van der Waals surface area contributed by atoms with Crippen molar-refractivity contribution in [2.24, 2.45) is 0 Å². The zero-order chi connectivity index (χ0) is 22.6. The van der Waals surface area contributed by atoms with Gasteiger partial charge in [-0.3, -0.25) is 25.0 Å². The normalized spacial score (nSPS) is 26.1. The van der Waals surface area contributed by atoms with E-state index in [0.29, 0.717) is 17.8 Å². The van der Waals surface area contributed by atoms with Crippen molar-refractivity contribution < 1.29 is 44.5 Å². The summed E-state index contributed by atoms with van der Waals surface area (Å²) in [6.07, 6.45) is -6.25. The van der Waals surface area contributed by atoms with E-state index in [4.69, 9.17) is 4.74 Å². The first-order valence-electron chi connectivity index (χ1n) is 8.35. The summed E-state index contributed by atoms with van der Waals surface area (Å²) in [7, 11) is 1.11. The number of nitro groups is 2. The Labute approximate surface area is 172 Å². The Bertz CT molecular complexity index is 821. The molecule has 166 valence electrons. The van der Waals surface area contributed by atoms with Crippen molar-refractivity contribution in [3.8, 4) is 0 Å². The molecule has 14 nitrogen and oxygen atoms in total. The summed E-state index contributed by atoms with van der Waals surface area (Å²) in [5.74, 6) is -0.745. The molecule has 1 aliphatic heterocycles. The number of anilines is 1. The van der Waals surface area contributed by atoms with E-state index in [-0.39, 0.29) is 10.6 Å². The summed E-state index contributed by atoms with van der Waals surface area (Å²) < 4.78 is 9.74. The zero-order valence-electron chi connectivity index (χ0n) is 15.4. The standard InChI is InChI=1S/C15H19N3O11S/c1-28-11(20)4-16-6-2-10(8(18(26)27)3-7(6)17(24)25)30-15-14(23)13(22)12(21)9(5-19)29-15/h2-3,9,12-16,19,21-23H,4-5H2,1H3/t9-,12+,13+,14-,15+/m1/s1. The van der Waals surface area contributed by atoms with Gasteiger partial charge in [-0.2, -0.15) is 0 Å². The molecule has 0 bridgehead atoms. The molecule has 1 saturated heterocycles. The molecule has 0 unspecified atom stereocenters. The van der Waals surface area contributed by atoms with E-state index in [1.807, 2.05) is 0 Å². The van der Waals surface area contributed by atoms with Gasteiger partial charge in [-0.1, -0.05) is 11.8 Å². The highest BCUT2D eigenvalue weighted by atomic mass is 32.2. The van der Waals surface area contributed by atoms with Gasteiger partial charge >= 0.3 is 5.97 Å². The quantitative estimate of drug-likeness (QED) is 0.183. The highest BCUT2D eigenvalue weighted by molar-refractivity contribution is 8.00. The Kier molecular flexibility index (Phi) is 7.88. The highest BCUT2D eigenvalue weighted by Gasteiger charge is 2.44. The largest absolute Gasteiger partial charge is 0.468 e. The number of carbonyl (C=O) groups excluding carboxylic acids is 1. The first-order valence-corrected chi connectivity index (χ1v) is 9.23. The number of nitrogens with one attached hydrogen (secondary N) is 1. The number of nitro benzene ring substituents is 2. The molecule has 1 aromatic carbocycles. The number of methoxy groups -OCH3 is 1. The second-order valence-electron chi connectivity index (χ2n) is 6.10. The van der Waals surface area contributed by atoms with Gasteiger partial charge in [0.2, 0.25) is 0 Å². The van der Waals surface area contributed by atoms with Crippen molar-refractivity contribution in [2.45, 2.75) is 34.7 Å². The number of aliphatic hydroxyl groups is 4. The van der Waals surface area contributed by atoms with Crippen molar-refractivity contribution in [1.29, 1.82) is 0 Å². The Morgan fingerprint density at radius 3 is 2.33 bits per heavy atom. The van der Waals surface area contributed by atoms with Crippen molar-refractivity contribution >= 4 is 34.8 Å². The van der Waals surface area contributed by atoms with Crippen LogP contribution in [0.2, 0.25) is 0 Å². The molecule has 1 fully saturated rings. The molecule has 5 atom stereocenters. The van der Waals surface area contributed by atoms with Crippen LogP contribution in [0.3, 0.4) is 0 Å². The van der Waals surface area contributed by atoms with Gasteiger partial charge in [0.15, 0.2) is 0 Å². The molecule has 15 heteroatoms. The third kappa shape index (κ3) is 5.13. The average molecular weight is 449 g/mol. The summed E-state index contributed by atoms with van der Waals surface area (Å²) in [5, 5.41) is 64.3. The van der Waals surface area contributed by atoms with E-state index in [1.165, 1.54) is 0 Å². The SMILES string of the molecule is COC(=O)CNc1cc(S[C@@H]2O[C@H](CO)[C@H](O)[C@H](O)[C@H]2O)c([N+](=O)[O-])cc1[N+](=O)[O-]. The maximum absolute atomic E-state index is 11.4. The predicted molar refractivity (Wildman–Crippen MR) is 99.9 cm³/mol. The first-order chi connectivity index (χ1) is 14.1. The molecule has 0 saturated carbocycles. The average Bonchev–Trinajstić information content (AvgIpc) is 2.71. The van der Waals surface area contributed by atoms with Crippen LogP contribution in [-0.4, -0.2) is 86.4 Å². The van der Waals surface area contributed by atoms with Crippen LogP contribution in [0.25, 0.3) is 0 Å². The minimum absolute atomic E-state index is 0.192. The number of hydrogen-bond donors (Lipinski definition) is 5. The van der Waals surface area contributed by atoms with Crippen LogP contribution in [0, 0.1) is 20.2 Å². The number of carbonyl (C=O) groups is 1.